The zero-order valence-corrected chi connectivity index (χ0v) is 12.3. The molecule has 2 heterocycles. The Bertz CT molecular complexity index is 474. The van der Waals surface area contributed by atoms with Crippen molar-refractivity contribution in [2.75, 3.05) is 26.2 Å². The molecule has 21 heavy (non-hydrogen) atoms. The summed E-state index contributed by atoms with van der Waals surface area (Å²) in [4.78, 5) is 27.2. The van der Waals surface area contributed by atoms with Crippen molar-refractivity contribution in [3.05, 3.63) is 0 Å². The molecule has 1 unspecified atom stereocenters. The number of nitrogens with zero attached hydrogens (tertiary/aromatic N) is 4. The number of rotatable bonds is 4. The molecule has 0 bridgehead atoms. The molecule has 114 valence electrons. The number of hydrazone groups is 1. The van der Waals surface area contributed by atoms with Crippen molar-refractivity contribution in [2.24, 2.45) is 5.10 Å². The minimum atomic E-state index is -0.146. The third-order valence-electron chi connectivity index (χ3n) is 3.90. The summed E-state index contributed by atoms with van der Waals surface area (Å²) < 4.78 is 0. The Morgan fingerprint density at radius 1 is 1.38 bits per heavy atom. The molecule has 0 aromatic rings. The second-order valence-electron chi connectivity index (χ2n) is 5.36. The molecule has 0 radical (unpaired) electrons. The second kappa shape index (κ2) is 7.18. The van der Waals surface area contributed by atoms with Gasteiger partial charge in [-0.25, -0.2) is 5.43 Å². The van der Waals surface area contributed by atoms with E-state index in [4.69, 9.17) is 0 Å². The molecule has 1 fully saturated rings. The average molecular weight is 291 g/mol. The fourth-order valence-electron chi connectivity index (χ4n) is 2.65. The number of carbonyl (C=O) groups is 2. The van der Waals surface area contributed by atoms with Gasteiger partial charge in [0, 0.05) is 39.0 Å². The number of piperazine rings is 1. The van der Waals surface area contributed by atoms with Gasteiger partial charge in [0.25, 0.3) is 5.91 Å². The van der Waals surface area contributed by atoms with Gasteiger partial charge in [0.05, 0.1) is 12.1 Å². The summed E-state index contributed by atoms with van der Waals surface area (Å²) >= 11 is 0. The number of nitrogens with one attached hydrogen (secondary N) is 1. The molecule has 2 aliphatic rings. The van der Waals surface area contributed by atoms with Crippen LogP contribution in [0.1, 0.15) is 32.6 Å². The molecule has 0 aromatic heterocycles. The normalized spacial score (nSPS) is 21.2. The monoisotopic (exact) mass is 291 g/mol. The number of hydrogen-bond acceptors (Lipinski definition) is 5. The summed E-state index contributed by atoms with van der Waals surface area (Å²) in [5, 5.41) is 13.0. The number of hydrogen-bond donors (Lipinski definition) is 1. The van der Waals surface area contributed by atoms with Gasteiger partial charge in [-0.2, -0.15) is 10.4 Å². The van der Waals surface area contributed by atoms with E-state index < -0.39 is 0 Å². The molecule has 1 saturated heterocycles. The lowest BCUT2D eigenvalue weighted by molar-refractivity contribution is -0.126. The van der Waals surface area contributed by atoms with Gasteiger partial charge in [-0.3, -0.25) is 14.5 Å². The minimum absolute atomic E-state index is 0.0569. The number of amides is 2. The molecule has 7 nitrogen and oxygen atoms in total. The van der Waals surface area contributed by atoms with Crippen molar-refractivity contribution in [3.8, 4) is 6.07 Å². The van der Waals surface area contributed by atoms with Crippen molar-refractivity contribution in [2.45, 2.75) is 38.6 Å². The maximum absolute atomic E-state index is 12.3. The van der Waals surface area contributed by atoms with Crippen LogP contribution in [0.15, 0.2) is 5.10 Å². The summed E-state index contributed by atoms with van der Waals surface area (Å²) in [6, 6.07) is 2.28. The fourth-order valence-corrected chi connectivity index (χ4v) is 2.65. The molecule has 2 rings (SSSR count). The molecule has 2 amide bonds. The van der Waals surface area contributed by atoms with Crippen LogP contribution in [0, 0.1) is 11.3 Å². The van der Waals surface area contributed by atoms with Gasteiger partial charge in [0.1, 0.15) is 5.71 Å². The lowest BCUT2D eigenvalue weighted by Crippen LogP contribution is -2.53. The van der Waals surface area contributed by atoms with Gasteiger partial charge in [-0.15, -0.1) is 0 Å². The smallest absolute Gasteiger partial charge is 0.270 e. The van der Waals surface area contributed by atoms with Crippen molar-refractivity contribution >= 4 is 17.5 Å². The zero-order valence-electron chi connectivity index (χ0n) is 12.3. The topological polar surface area (TPSA) is 88.8 Å². The van der Waals surface area contributed by atoms with Crippen molar-refractivity contribution in [1.29, 1.82) is 5.26 Å². The van der Waals surface area contributed by atoms with E-state index in [0.717, 1.165) is 12.8 Å². The quantitative estimate of drug-likeness (QED) is 0.795. The Hall–Kier alpha value is -1.94. The first-order chi connectivity index (χ1) is 10.2. The van der Waals surface area contributed by atoms with Crippen LogP contribution in [0.4, 0.5) is 0 Å². The third kappa shape index (κ3) is 3.79. The summed E-state index contributed by atoms with van der Waals surface area (Å²) in [6.45, 7) is 4.70. The van der Waals surface area contributed by atoms with Gasteiger partial charge in [0.2, 0.25) is 5.91 Å². The number of nitriles is 1. The van der Waals surface area contributed by atoms with Crippen LogP contribution < -0.4 is 5.43 Å². The van der Waals surface area contributed by atoms with Crippen molar-refractivity contribution in [1.82, 2.24) is 15.2 Å². The van der Waals surface area contributed by atoms with Crippen LogP contribution in [0.25, 0.3) is 0 Å². The Balaban J connectivity index is 1.87. The zero-order chi connectivity index (χ0) is 15.2. The molecular weight excluding hydrogens is 270 g/mol. The number of carbonyl (C=O) groups excluding carboxylic acids is 2. The summed E-state index contributed by atoms with van der Waals surface area (Å²) in [7, 11) is 0. The predicted molar refractivity (Wildman–Crippen MR) is 77.3 cm³/mol. The van der Waals surface area contributed by atoms with Gasteiger partial charge < -0.3 is 4.90 Å². The van der Waals surface area contributed by atoms with Crippen LogP contribution >= 0.6 is 0 Å². The summed E-state index contributed by atoms with van der Waals surface area (Å²) in [5.74, 6) is -0.244. The average Bonchev–Trinajstić information content (AvgIpc) is 2.53. The molecule has 0 aliphatic carbocycles. The molecular formula is C14H21N5O2. The Labute approximate surface area is 124 Å². The van der Waals surface area contributed by atoms with Crippen LogP contribution in [0.3, 0.4) is 0 Å². The van der Waals surface area contributed by atoms with E-state index in [-0.39, 0.29) is 17.9 Å². The van der Waals surface area contributed by atoms with E-state index in [1.807, 2.05) is 0 Å². The molecule has 0 saturated carbocycles. The molecule has 0 spiro atoms. The highest BCUT2D eigenvalue weighted by Gasteiger charge is 2.28. The highest BCUT2D eigenvalue weighted by Crippen LogP contribution is 2.12. The van der Waals surface area contributed by atoms with Gasteiger partial charge in [-0.1, -0.05) is 13.3 Å². The van der Waals surface area contributed by atoms with Gasteiger partial charge in [0.15, 0.2) is 0 Å². The highest BCUT2D eigenvalue weighted by atomic mass is 16.2. The first-order valence-electron chi connectivity index (χ1n) is 7.44. The van der Waals surface area contributed by atoms with Crippen LogP contribution in [0.2, 0.25) is 0 Å². The predicted octanol–water partition coefficient (Wildman–Crippen LogP) is 0.0889. The maximum atomic E-state index is 12.3. The van der Waals surface area contributed by atoms with E-state index >= 15 is 0 Å². The molecule has 1 N–H and O–H groups in total. The van der Waals surface area contributed by atoms with E-state index in [9.17, 15) is 14.9 Å². The lowest BCUT2D eigenvalue weighted by Gasteiger charge is -2.37. The first-order valence-corrected chi connectivity index (χ1v) is 7.44. The fraction of sp³-hybridized carbons (Fsp3) is 0.714. The van der Waals surface area contributed by atoms with E-state index in [2.05, 4.69) is 28.4 Å². The first kappa shape index (κ1) is 15.4. The molecule has 2 aliphatic heterocycles. The summed E-state index contributed by atoms with van der Waals surface area (Å²) in [6.07, 6.45) is 2.57. The van der Waals surface area contributed by atoms with Crippen molar-refractivity contribution in [3.63, 3.8) is 0 Å². The van der Waals surface area contributed by atoms with Gasteiger partial charge in [-0.05, 0) is 6.42 Å². The van der Waals surface area contributed by atoms with E-state index in [1.165, 1.54) is 0 Å². The lowest BCUT2D eigenvalue weighted by atomic mass is 10.1. The maximum Gasteiger partial charge on any atom is 0.270 e. The Morgan fingerprint density at radius 3 is 2.62 bits per heavy atom. The second-order valence-corrected chi connectivity index (χ2v) is 5.36. The summed E-state index contributed by atoms with van der Waals surface area (Å²) in [5.41, 5.74) is 2.78. The van der Waals surface area contributed by atoms with Crippen LogP contribution in [-0.2, 0) is 9.59 Å². The van der Waals surface area contributed by atoms with Crippen LogP contribution in [0.5, 0.6) is 0 Å². The SMILES string of the molecule is CCCC(C#N)N1CCN(C(=O)C2=NNC(=O)CC2)CC1. The largest absolute Gasteiger partial charge is 0.335 e. The van der Waals surface area contributed by atoms with Crippen molar-refractivity contribution < 1.29 is 9.59 Å². The van der Waals surface area contributed by atoms with E-state index in [1.54, 1.807) is 4.90 Å². The third-order valence-corrected chi connectivity index (χ3v) is 3.90. The Kier molecular flexibility index (Phi) is 5.28. The molecule has 0 aromatic carbocycles. The standard InChI is InChI=1S/C14H21N5O2/c1-2-3-11(10-15)18-6-8-19(9-7-18)14(21)12-4-5-13(20)17-16-12/h11H,2-9H2,1H3,(H,17,20). The minimum Gasteiger partial charge on any atom is -0.335 e. The van der Waals surface area contributed by atoms with Gasteiger partial charge >= 0.3 is 0 Å². The van der Waals surface area contributed by atoms with Crippen LogP contribution in [-0.4, -0.2) is 59.5 Å². The van der Waals surface area contributed by atoms with E-state index in [0.29, 0.717) is 44.7 Å². The molecule has 1 atom stereocenters. The molecule has 7 heteroatoms. The Morgan fingerprint density at radius 2 is 2.10 bits per heavy atom. The highest BCUT2D eigenvalue weighted by molar-refractivity contribution is 6.39.